The standard InChI is InChI=1S/C14H17NO4/c1-10-4-2-5-11-6-3-7-15(14(10)11)12(16)8-19-9-13(17)18/h2,4-5H,3,6-9H2,1H3,(H,17,18). The van der Waals surface area contributed by atoms with E-state index >= 15 is 0 Å². The Bertz CT molecular complexity index is 498. The van der Waals surface area contributed by atoms with Crippen LogP contribution in [0.3, 0.4) is 0 Å². The number of ether oxygens (including phenoxy) is 1. The average molecular weight is 263 g/mol. The number of carboxylic acid groups (broad SMARTS) is 1. The van der Waals surface area contributed by atoms with Crippen LogP contribution in [0.2, 0.25) is 0 Å². The largest absolute Gasteiger partial charge is 0.480 e. The quantitative estimate of drug-likeness (QED) is 0.891. The summed E-state index contributed by atoms with van der Waals surface area (Å²) in [6, 6.07) is 5.99. The normalized spacial score (nSPS) is 14.1. The number of rotatable bonds is 4. The number of para-hydroxylation sites is 1. The van der Waals surface area contributed by atoms with E-state index in [2.05, 4.69) is 0 Å². The molecular weight excluding hydrogens is 246 g/mol. The van der Waals surface area contributed by atoms with Crippen LogP contribution in [0.5, 0.6) is 0 Å². The van der Waals surface area contributed by atoms with Crippen molar-refractivity contribution in [3.05, 3.63) is 29.3 Å². The van der Waals surface area contributed by atoms with Crippen molar-refractivity contribution in [1.29, 1.82) is 0 Å². The number of carboxylic acids is 1. The first-order valence-corrected chi connectivity index (χ1v) is 6.28. The lowest BCUT2D eigenvalue weighted by atomic mass is 9.98. The zero-order valence-electron chi connectivity index (χ0n) is 10.9. The number of nitrogens with zero attached hydrogens (tertiary/aromatic N) is 1. The fourth-order valence-electron chi connectivity index (χ4n) is 2.40. The van der Waals surface area contributed by atoms with Crippen molar-refractivity contribution in [3.8, 4) is 0 Å². The molecule has 0 aliphatic carbocycles. The summed E-state index contributed by atoms with van der Waals surface area (Å²) in [7, 11) is 0. The second kappa shape index (κ2) is 5.84. The summed E-state index contributed by atoms with van der Waals surface area (Å²) in [6.45, 7) is 2.00. The molecule has 1 N–H and O–H groups in total. The van der Waals surface area contributed by atoms with Crippen molar-refractivity contribution in [2.75, 3.05) is 24.7 Å². The molecule has 5 nitrogen and oxygen atoms in total. The van der Waals surface area contributed by atoms with Crippen molar-refractivity contribution < 1.29 is 19.4 Å². The molecule has 1 aromatic rings. The van der Waals surface area contributed by atoms with E-state index in [0.717, 1.165) is 29.7 Å². The zero-order valence-corrected chi connectivity index (χ0v) is 10.9. The first-order chi connectivity index (χ1) is 9.09. The smallest absolute Gasteiger partial charge is 0.329 e. The van der Waals surface area contributed by atoms with E-state index in [1.807, 2.05) is 25.1 Å². The fourth-order valence-corrected chi connectivity index (χ4v) is 2.40. The highest BCUT2D eigenvalue weighted by atomic mass is 16.5. The van der Waals surface area contributed by atoms with Gasteiger partial charge in [0.15, 0.2) is 0 Å². The van der Waals surface area contributed by atoms with Crippen LogP contribution in [0.15, 0.2) is 18.2 Å². The second-order valence-electron chi connectivity index (χ2n) is 4.62. The van der Waals surface area contributed by atoms with Crippen LogP contribution < -0.4 is 4.90 Å². The SMILES string of the molecule is Cc1cccc2c1N(C(=O)COCC(=O)O)CCC2. The maximum atomic E-state index is 12.1. The van der Waals surface area contributed by atoms with Gasteiger partial charge in [-0.2, -0.15) is 0 Å². The molecule has 19 heavy (non-hydrogen) atoms. The Kier molecular flexibility index (Phi) is 4.16. The van der Waals surface area contributed by atoms with Crippen LogP contribution in [0.4, 0.5) is 5.69 Å². The van der Waals surface area contributed by atoms with Crippen molar-refractivity contribution in [3.63, 3.8) is 0 Å². The monoisotopic (exact) mass is 263 g/mol. The van der Waals surface area contributed by atoms with E-state index in [1.165, 1.54) is 0 Å². The van der Waals surface area contributed by atoms with Crippen LogP contribution in [-0.4, -0.2) is 36.7 Å². The molecule has 1 aromatic carbocycles. The van der Waals surface area contributed by atoms with Crippen molar-refractivity contribution in [2.24, 2.45) is 0 Å². The Labute approximate surface area is 111 Å². The number of aryl methyl sites for hydroxylation is 2. The van der Waals surface area contributed by atoms with E-state index < -0.39 is 12.6 Å². The molecule has 1 aliphatic heterocycles. The minimum Gasteiger partial charge on any atom is -0.480 e. The van der Waals surface area contributed by atoms with Crippen LogP contribution in [0, 0.1) is 6.92 Å². The zero-order chi connectivity index (χ0) is 13.8. The number of anilines is 1. The molecule has 5 heteroatoms. The highest BCUT2D eigenvalue weighted by Crippen LogP contribution is 2.30. The topological polar surface area (TPSA) is 66.8 Å². The number of amides is 1. The lowest BCUT2D eigenvalue weighted by Gasteiger charge is -2.31. The summed E-state index contributed by atoms with van der Waals surface area (Å²) in [5.41, 5.74) is 3.18. The summed E-state index contributed by atoms with van der Waals surface area (Å²) in [5, 5.41) is 8.49. The molecule has 0 radical (unpaired) electrons. The number of carbonyl (C=O) groups is 2. The molecule has 0 aromatic heterocycles. The third-order valence-electron chi connectivity index (χ3n) is 3.17. The molecule has 0 saturated heterocycles. The van der Waals surface area contributed by atoms with Crippen molar-refractivity contribution in [1.82, 2.24) is 0 Å². The van der Waals surface area contributed by atoms with Crippen molar-refractivity contribution >= 4 is 17.6 Å². The first-order valence-electron chi connectivity index (χ1n) is 6.28. The Hall–Kier alpha value is -1.88. The molecule has 0 unspecified atom stereocenters. The number of hydrogen-bond donors (Lipinski definition) is 1. The van der Waals surface area contributed by atoms with Gasteiger partial charge < -0.3 is 14.7 Å². The molecule has 102 valence electrons. The van der Waals surface area contributed by atoms with Gasteiger partial charge >= 0.3 is 5.97 Å². The van der Waals surface area contributed by atoms with Gasteiger partial charge in [0.25, 0.3) is 5.91 Å². The van der Waals surface area contributed by atoms with E-state index in [4.69, 9.17) is 9.84 Å². The number of carbonyl (C=O) groups excluding carboxylic acids is 1. The molecule has 0 bridgehead atoms. The molecule has 1 aliphatic rings. The predicted molar refractivity (Wildman–Crippen MR) is 70.3 cm³/mol. The van der Waals surface area contributed by atoms with E-state index in [-0.39, 0.29) is 12.5 Å². The Morgan fingerprint density at radius 2 is 2.16 bits per heavy atom. The summed E-state index contributed by atoms with van der Waals surface area (Å²) in [5.74, 6) is -1.25. The maximum absolute atomic E-state index is 12.1. The lowest BCUT2D eigenvalue weighted by molar-refractivity contribution is -0.143. The third kappa shape index (κ3) is 3.12. The Balaban J connectivity index is 2.10. The van der Waals surface area contributed by atoms with Gasteiger partial charge in [-0.3, -0.25) is 4.79 Å². The molecular formula is C14H17NO4. The van der Waals surface area contributed by atoms with Gasteiger partial charge in [0.1, 0.15) is 13.2 Å². The number of fused-ring (bicyclic) bond motifs is 1. The van der Waals surface area contributed by atoms with E-state index in [1.54, 1.807) is 4.90 Å². The average Bonchev–Trinajstić information content (AvgIpc) is 2.38. The molecule has 0 atom stereocenters. The van der Waals surface area contributed by atoms with E-state index in [9.17, 15) is 9.59 Å². The van der Waals surface area contributed by atoms with Gasteiger partial charge in [0, 0.05) is 12.2 Å². The number of hydrogen-bond acceptors (Lipinski definition) is 3. The van der Waals surface area contributed by atoms with Gasteiger partial charge in [0.05, 0.1) is 0 Å². The number of benzene rings is 1. The molecule has 1 amide bonds. The summed E-state index contributed by atoms with van der Waals surface area (Å²) < 4.78 is 4.87. The molecule has 0 saturated carbocycles. The van der Waals surface area contributed by atoms with Crippen LogP contribution in [0.1, 0.15) is 17.5 Å². The molecule has 1 heterocycles. The maximum Gasteiger partial charge on any atom is 0.329 e. The van der Waals surface area contributed by atoms with Crippen molar-refractivity contribution in [2.45, 2.75) is 19.8 Å². The third-order valence-corrected chi connectivity index (χ3v) is 3.17. The van der Waals surface area contributed by atoms with Gasteiger partial charge in [-0.1, -0.05) is 18.2 Å². The summed E-state index contributed by atoms with van der Waals surface area (Å²) in [4.78, 5) is 24.2. The minimum absolute atomic E-state index is 0.184. The second-order valence-corrected chi connectivity index (χ2v) is 4.62. The highest BCUT2D eigenvalue weighted by Gasteiger charge is 2.23. The van der Waals surface area contributed by atoms with Gasteiger partial charge in [-0.25, -0.2) is 4.79 Å². The van der Waals surface area contributed by atoms with Crippen LogP contribution >= 0.6 is 0 Å². The highest BCUT2D eigenvalue weighted by molar-refractivity contribution is 5.96. The number of aliphatic carboxylic acids is 1. The molecule has 0 fully saturated rings. The predicted octanol–water partition coefficient (Wildman–Crippen LogP) is 1.38. The molecule has 2 rings (SSSR count). The molecule has 0 spiro atoms. The fraction of sp³-hybridized carbons (Fsp3) is 0.429. The lowest BCUT2D eigenvalue weighted by Crippen LogP contribution is -2.38. The van der Waals surface area contributed by atoms with Gasteiger partial charge in [-0.15, -0.1) is 0 Å². The first kappa shape index (κ1) is 13.5. The summed E-state index contributed by atoms with van der Waals surface area (Å²) in [6.07, 6.45) is 1.89. The van der Waals surface area contributed by atoms with Crippen LogP contribution in [-0.2, 0) is 20.7 Å². The van der Waals surface area contributed by atoms with E-state index in [0.29, 0.717) is 6.54 Å². The Morgan fingerprint density at radius 1 is 1.37 bits per heavy atom. The minimum atomic E-state index is -1.07. The summed E-state index contributed by atoms with van der Waals surface area (Å²) >= 11 is 0. The Morgan fingerprint density at radius 3 is 2.89 bits per heavy atom. The van der Waals surface area contributed by atoms with Gasteiger partial charge in [0.2, 0.25) is 0 Å². The van der Waals surface area contributed by atoms with Crippen LogP contribution in [0.25, 0.3) is 0 Å². The van der Waals surface area contributed by atoms with Gasteiger partial charge in [-0.05, 0) is 30.9 Å².